The molecule has 0 saturated heterocycles. The van der Waals surface area contributed by atoms with E-state index in [2.05, 4.69) is 197 Å². The van der Waals surface area contributed by atoms with Crippen molar-refractivity contribution >= 4 is 17.1 Å². The molecule has 0 aliphatic heterocycles. The molecule has 0 aromatic heterocycles. The van der Waals surface area contributed by atoms with E-state index in [1.54, 1.807) is 0 Å². The highest BCUT2D eigenvalue weighted by Gasteiger charge is 2.47. The number of hydrogen-bond donors (Lipinski definition) is 0. The van der Waals surface area contributed by atoms with Gasteiger partial charge in [0.05, 0.1) is 11.1 Å². The van der Waals surface area contributed by atoms with E-state index >= 15 is 0 Å². The van der Waals surface area contributed by atoms with E-state index in [4.69, 9.17) is 0 Å². The van der Waals surface area contributed by atoms with Gasteiger partial charge in [0.15, 0.2) is 0 Å². The number of aryl methyl sites for hydroxylation is 3. The lowest BCUT2D eigenvalue weighted by Gasteiger charge is -2.42. The summed E-state index contributed by atoms with van der Waals surface area (Å²) in [6, 6.07) is 60.4. The molecule has 57 heavy (non-hydrogen) atoms. The third-order valence-electron chi connectivity index (χ3n) is 13.9. The van der Waals surface area contributed by atoms with Crippen LogP contribution in [0.25, 0.3) is 22.3 Å². The fourth-order valence-electron chi connectivity index (χ4n) is 10.8. The van der Waals surface area contributed by atoms with Crippen LogP contribution in [0.1, 0.15) is 103 Å². The minimum absolute atomic E-state index is 0.0916. The predicted molar refractivity (Wildman–Crippen MR) is 241 cm³/mol. The first-order chi connectivity index (χ1) is 27.7. The Morgan fingerprint density at radius 3 is 1.68 bits per heavy atom. The molecule has 0 radical (unpaired) electrons. The Hall–Kier alpha value is -5.66. The standard InChI is InChI=1S/C56H53N/c1-38-33-39-19-15-16-20-40(39)35-52(38)57(44-25-13-8-14-26-44)53-37-50-47(36-46(53)41-29-30-49-51(34-41)55(4,5)32-31-54(49,2)3)45-27-17-18-28-48(45)56(50,42-21-9-6-10-22-42)43-23-11-7-12-24-43/h6-14,17-18,21-30,33-37H,15-16,19-20,31-32H2,1-5H3. The Bertz CT molecular complexity index is 2590. The predicted octanol–water partition coefficient (Wildman–Crippen LogP) is 14.7. The van der Waals surface area contributed by atoms with Gasteiger partial charge in [0.25, 0.3) is 0 Å². The van der Waals surface area contributed by atoms with Gasteiger partial charge in [-0.15, -0.1) is 0 Å². The van der Waals surface area contributed by atoms with Crippen molar-refractivity contribution in [3.63, 3.8) is 0 Å². The lowest BCUT2D eigenvalue weighted by molar-refractivity contribution is 0.332. The molecule has 0 bridgehead atoms. The molecule has 1 heteroatoms. The van der Waals surface area contributed by atoms with Crippen LogP contribution in [0.3, 0.4) is 0 Å². The average molecular weight is 740 g/mol. The maximum absolute atomic E-state index is 2.60. The molecule has 1 nitrogen and oxygen atoms in total. The number of nitrogens with zero attached hydrogens (tertiary/aromatic N) is 1. The second kappa shape index (κ2) is 13.5. The normalized spacial score (nSPS) is 16.9. The van der Waals surface area contributed by atoms with Crippen molar-refractivity contribution in [2.24, 2.45) is 0 Å². The number of benzene rings is 7. The molecule has 0 N–H and O–H groups in total. The molecule has 3 aliphatic rings. The van der Waals surface area contributed by atoms with Crippen molar-refractivity contribution in [3.8, 4) is 22.3 Å². The fourth-order valence-corrected chi connectivity index (χ4v) is 10.8. The van der Waals surface area contributed by atoms with Gasteiger partial charge in [-0.05, 0) is 153 Å². The van der Waals surface area contributed by atoms with Crippen molar-refractivity contribution < 1.29 is 0 Å². The van der Waals surface area contributed by atoms with E-state index in [9.17, 15) is 0 Å². The summed E-state index contributed by atoms with van der Waals surface area (Å²) in [4.78, 5) is 2.60. The lowest BCUT2D eigenvalue weighted by Crippen LogP contribution is -2.33. The van der Waals surface area contributed by atoms with Crippen molar-refractivity contribution in [3.05, 3.63) is 208 Å². The first-order valence-corrected chi connectivity index (χ1v) is 21.2. The average Bonchev–Trinajstić information content (AvgIpc) is 3.53. The van der Waals surface area contributed by atoms with Gasteiger partial charge < -0.3 is 4.90 Å². The van der Waals surface area contributed by atoms with E-state index in [1.807, 2.05) is 0 Å². The Morgan fingerprint density at radius 1 is 0.439 bits per heavy atom. The molecule has 7 aromatic rings. The van der Waals surface area contributed by atoms with Crippen LogP contribution in [0.5, 0.6) is 0 Å². The molecular formula is C56H53N. The maximum Gasteiger partial charge on any atom is 0.0714 e. The van der Waals surface area contributed by atoms with Crippen LogP contribution < -0.4 is 4.90 Å². The third-order valence-corrected chi connectivity index (χ3v) is 13.9. The summed E-state index contributed by atoms with van der Waals surface area (Å²) in [5.41, 5.74) is 21.1. The summed E-state index contributed by atoms with van der Waals surface area (Å²) in [7, 11) is 0. The van der Waals surface area contributed by atoms with Gasteiger partial charge in [0, 0.05) is 16.9 Å². The molecule has 0 atom stereocenters. The van der Waals surface area contributed by atoms with Gasteiger partial charge in [-0.25, -0.2) is 0 Å². The van der Waals surface area contributed by atoms with Gasteiger partial charge in [0.1, 0.15) is 0 Å². The van der Waals surface area contributed by atoms with Crippen LogP contribution >= 0.6 is 0 Å². The van der Waals surface area contributed by atoms with E-state index in [0.717, 1.165) is 6.42 Å². The molecule has 0 spiro atoms. The Balaban J connectivity index is 1.34. The Morgan fingerprint density at radius 2 is 1.02 bits per heavy atom. The summed E-state index contributed by atoms with van der Waals surface area (Å²) in [6.45, 7) is 12.1. The Kier molecular flexibility index (Phi) is 8.45. The van der Waals surface area contributed by atoms with Gasteiger partial charge in [-0.2, -0.15) is 0 Å². The summed E-state index contributed by atoms with van der Waals surface area (Å²) in [5.74, 6) is 0. The SMILES string of the molecule is Cc1cc2c(cc1N(c1ccccc1)c1cc3c(cc1-c1ccc4c(c1)C(C)(C)CCC4(C)C)-c1ccccc1C3(c1ccccc1)c1ccccc1)CCCC2. The third kappa shape index (κ3) is 5.65. The Labute approximate surface area is 340 Å². The van der Waals surface area contributed by atoms with Gasteiger partial charge in [-0.1, -0.05) is 155 Å². The smallest absolute Gasteiger partial charge is 0.0714 e. The molecular weight excluding hydrogens is 687 g/mol. The number of rotatable bonds is 6. The zero-order valence-electron chi connectivity index (χ0n) is 34.2. The molecule has 0 fully saturated rings. The van der Waals surface area contributed by atoms with E-state index in [1.165, 1.54) is 121 Å². The van der Waals surface area contributed by atoms with E-state index in [0.29, 0.717) is 0 Å². The van der Waals surface area contributed by atoms with Crippen molar-refractivity contribution in [2.75, 3.05) is 4.90 Å². The second-order valence-corrected chi connectivity index (χ2v) is 18.3. The van der Waals surface area contributed by atoms with Gasteiger partial charge >= 0.3 is 0 Å². The van der Waals surface area contributed by atoms with Crippen LogP contribution in [-0.4, -0.2) is 0 Å². The quantitative estimate of drug-likeness (QED) is 0.164. The first-order valence-electron chi connectivity index (χ1n) is 21.2. The molecule has 10 rings (SSSR count). The van der Waals surface area contributed by atoms with Crippen LogP contribution in [0.4, 0.5) is 17.1 Å². The zero-order chi connectivity index (χ0) is 38.9. The summed E-state index contributed by atoms with van der Waals surface area (Å²) >= 11 is 0. The van der Waals surface area contributed by atoms with Gasteiger partial charge in [-0.3, -0.25) is 0 Å². The van der Waals surface area contributed by atoms with Crippen LogP contribution in [0, 0.1) is 6.92 Å². The number of fused-ring (bicyclic) bond motifs is 5. The molecule has 0 heterocycles. The minimum Gasteiger partial charge on any atom is -0.310 e. The van der Waals surface area contributed by atoms with Crippen molar-refractivity contribution in [1.82, 2.24) is 0 Å². The molecule has 7 aromatic carbocycles. The second-order valence-electron chi connectivity index (χ2n) is 18.3. The monoisotopic (exact) mass is 739 g/mol. The van der Waals surface area contributed by atoms with E-state index < -0.39 is 5.41 Å². The van der Waals surface area contributed by atoms with Crippen LogP contribution in [0.2, 0.25) is 0 Å². The maximum atomic E-state index is 2.60. The molecule has 282 valence electrons. The van der Waals surface area contributed by atoms with Crippen LogP contribution in [-0.2, 0) is 29.1 Å². The molecule has 0 amide bonds. The fraction of sp³-hybridized carbons (Fsp3) is 0.250. The molecule has 0 unspecified atom stereocenters. The summed E-state index contributed by atoms with van der Waals surface area (Å²) in [5, 5.41) is 0. The molecule has 3 aliphatic carbocycles. The number of anilines is 3. The number of hydrogen-bond acceptors (Lipinski definition) is 1. The highest BCUT2D eigenvalue weighted by Crippen LogP contribution is 2.59. The highest BCUT2D eigenvalue weighted by molar-refractivity contribution is 5.97. The summed E-state index contributed by atoms with van der Waals surface area (Å²) in [6.07, 6.45) is 7.22. The number of para-hydroxylation sites is 1. The first kappa shape index (κ1) is 35.7. The lowest BCUT2D eigenvalue weighted by atomic mass is 9.63. The largest absolute Gasteiger partial charge is 0.310 e. The minimum atomic E-state index is -0.503. The van der Waals surface area contributed by atoms with Crippen molar-refractivity contribution in [1.29, 1.82) is 0 Å². The zero-order valence-corrected chi connectivity index (χ0v) is 34.2. The topological polar surface area (TPSA) is 3.24 Å². The van der Waals surface area contributed by atoms with E-state index in [-0.39, 0.29) is 10.8 Å². The van der Waals surface area contributed by atoms with Crippen molar-refractivity contribution in [2.45, 2.75) is 89.4 Å². The van der Waals surface area contributed by atoms with Gasteiger partial charge in [0.2, 0.25) is 0 Å². The van der Waals surface area contributed by atoms with Crippen LogP contribution in [0.15, 0.2) is 158 Å². The highest BCUT2D eigenvalue weighted by atomic mass is 15.1. The summed E-state index contributed by atoms with van der Waals surface area (Å²) < 4.78 is 0. The molecule has 0 saturated carbocycles.